The van der Waals surface area contributed by atoms with Crippen molar-refractivity contribution in [1.29, 1.82) is 0 Å². The molecule has 4 nitrogen and oxygen atoms in total. The number of aromatic nitrogens is 2. The first-order valence-electron chi connectivity index (χ1n) is 8.20. The van der Waals surface area contributed by atoms with Gasteiger partial charge in [-0.15, -0.1) is 11.8 Å². The summed E-state index contributed by atoms with van der Waals surface area (Å²) < 4.78 is 5.78. The van der Waals surface area contributed by atoms with Gasteiger partial charge in [0.25, 0.3) is 0 Å². The van der Waals surface area contributed by atoms with Gasteiger partial charge in [-0.05, 0) is 25.3 Å². The molecule has 1 aliphatic rings. The molecule has 0 radical (unpaired) electrons. The molecule has 1 aromatic heterocycles. The average Bonchev–Trinajstić information content (AvgIpc) is 2.62. The summed E-state index contributed by atoms with van der Waals surface area (Å²) in [6, 6.07) is 10.5. The van der Waals surface area contributed by atoms with E-state index in [1.807, 2.05) is 18.5 Å². The molecule has 2 aromatic rings. The smallest absolute Gasteiger partial charge is 0.148 e. The van der Waals surface area contributed by atoms with Crippen LogP contribution >= 0.6 is 11.8 Å². The Morgan fingerprint density at radius 2 is 2.13 bits per heavy atom. The molecule has 0 bridgehead atoms. The standard InChI is InChI=1S/C18H23N3OS/c1-2-22-16-9-6-10-21(13-16)17-11-19-12-18(20-17)23-14-15-7-4-3-5-8-15/h3-5,7-8,11-12,16H,2,6,9-10,13-14H2,1H3. The molecule has 23 heavy (non-hydrogen) atoms. The minimum atomic E-state index is 0.316. The second-order valence-corrected chi connectivity index (χ2v) is 6.65. The molecule has 1 aromatic carbocycles. The molecule has 0 aliphatic carbocycles. The lowest BCUT2D eigenvalue weighted by atomic mass is 10.1. The minimum Gasteiger partial charge on any atom is -0.377 e. The Kier molecular flexibility index (Phi) is 5.88. The van der Waals surface area contributed by atoms with Gasteiger partial charge in [0.05, 0.1) is 18.5 Å². The highest BCUT2D eigenvalue weighted by atomic mass is 32.2. The van der Waals surface area contributed by atoms with Gasteiger partial charge in [0.1, 0.15) is 10.8 Å². The first-order chi connectivity index (χ1) is 11.3. The van der Waals surface area contributed by atoms with E-state index in [1.54, 1.807) is 11.8 Å². The van der Waals surface area contributed by atoms with E-state index in [2.05, 4.69) is 41.1 Å². The summed E-state index contributed by atoms with van der Waals surface area (Å²) in [6.07, 6.45) is 6.31. The van der Waals surface area contributed by atoms with Gasteiger partial charge in [0, 0.05) is 25.4 Å². The maximum absolute atomic E-state index is 5.78. The number of ether oxygens (including phenoxy) is 1. The van der Waals surface area contributed by atoms with Crippen molar-refractivity contribution in [2.75, 3.05) is 24.6 Å². The predicted octanol–water partition coefficient (Wildman–Crippen LogP) is 3.77. The van der Waals surface area contributed by atoms with Crippen LogP contribution in [0.25, 0.3) is 0 Å². The summed E-state index contributed by atoms with van der Waals surface area (Å²) >= 11 is 1.73. The first-order valence-corrected chi connectivity index (χ1v) is 9.19. The number of hydrogen-bond donors (Lipinski definition) is 0. The topological polar surface area (TPSA) is 38.2 Å². The van der Waals surface area contributed by atoms with Crippen molar-refractivity contribution in [1.82, 2.24) is 9.97 Å². The lowest BCUT2D eigenvalue weighted by Gasteiger charge is -2.33. The van der Waals surface area contributed by atoms with Crippen LogP contribution in [0, 0.1) is 0 Å². The number of piperidine rings is 1. The third kappa shape index (κ3) is 4.69. The highest BCUT2D eigenvalue weighted by Gasteiger charge is 2.21. The van der Waals surface area contributed by atoms with Crippen LogP contribution in [0.3, 0.4) is 0 Å². The van der Waals surface area contributed by atoms with Crippen molar-refractivity contribution < 1.29 is 4.74 Å². The van der Waals surface area contributed by atoms with Gasteiger partial charge in [-0.3, -0.25) is 4.98 Å². The fourth-order valence-corrected chi connectivity index (χ4v) is 3.61. The Balaban J connectivity index is 1.62. The zero-order valence-electron chi connectivity index (χ0n) is 13.5. The van der Waals surface area contributed by atoms with Crippen molar-refractivity contribution >= 4 is 17.6 Å². The average molecular weight is 329 g/mol. The van der Waals surface area contributed by atoms with E-state index < -0.39 is 0 Å². The highest BCUT2D eigenvalue weighted by molar-refractivity contribution is 7.98. The summed E-state index contributed by atoms with van der Waals surface area (Å²) in [5.74, 6) is 1.88. The van der Waals surface area contributed by atoms with Crippen LogP contribution in [0.4, 0.5) is 5.82 Å². The molecule has 0 spiro atoms. The number of nitrogens with zero attached hydrogens (tertiary/aromatic N) is 3. The molecule has 1 atom stereocenters. The van der Waals surface area contributed by atoms with Crippen LogP contribution in [0.15, 0.2) is 47.8 Å². The van der Waals surface area contributed by atoms with Crippen LogP contribution in [-0.4, -0.2) is 35.8 Å². The number of benzene rings is 1. The van der Waals surface area contributed by atoms with E-state index in [1.165, 1.54) is 5.56 Å². The zero-order valence-corrected chi connectivity index (χ0v) is 14.3. The van der Waals surface area contributed by atoms with Crippen LogP contribution in [-0.2, 0) is 10.5 Å². The number of thioether (sulfide) groups is 1. The quantitative estimate of drug-likeness (QED) is 0.754. The number of rotatable bonds is 6. The third-order valence-electron chi connectivity index (χ3n) is 3.93. The van der Waals surface area contributed by atoms with Crippen molar-refractivity contribution in [2.45, 2.75) is 36.6 Å². The normalized spacial score (nSPS) is 18.1. The Hall–Kier alpha value is -1.59. The Bertz CT molecular complexity index is 606. The third-order valence-corrected chi connectivity index (χ3v) is 4.90. The molecular weight excluding hydrogens is 306 g/mol. The summed E-state index contributed by atoms with van der Waals surface area (Å²) in [4.78, 5) is 11.4. The van der Waals surface area contributed by atoms with E-state index in [-0.39, 0.29) is 0 Å². The first kappa shape index (κ1) is 16.3. The molecule has 0 saturated carbocycles. The lowest BCUT2D eigenvalue weighted by Crippen LogP contribution is -2.40. The van der Waals surface area contributed by atoms with Crippen LogP contribution in [0.2, 0.25) is 0 Å². The lowest BCUT2D eigenvalue weighted by molar-refractivity contribution is 0.0525. The fourth-order valence-electron chi connectivity index (χ4n) is 2.81. The van der Waals surface area contributed by atoms with Gasteiger partial charge in [0.2, 0.25) is 0 Å². The molecule has 3 rings (SSSR count). The molecule has 5 heteroatoms. The van der Waals surface area contributed by atoms with Gasteiger partial charge >= 0.3 is 0 Å². The van der Waals surface area contributed by atoms with Crippen molar-refractivity contribution in [2.24, 2.45) is 0 Å². The van der Waals surface area contributed by atoms with E-state index in [9.17, 15) is 0 Å². The van der Waals surface area contributed by atoms with Gasteiger partial charge in [-0.1, -0.05) is 30.3 Å². The highest BCUT2D eigenvalue weighted by Crippen LogP contribution is 2.24. The van der Waals surface area contributed by atoms with Crippen molar-refractivity contribution in [3.63, 3.8) is 0 Å². The summed E-state index contributed by atoms with van der Waals surface area (Å²) in [5.41, 5.74) is 1.30. The van der Waals surface area contributed by atoms with Gasteiger partial charge in [0.15, 0.2) is 0 Å². The monoisotopic (exact) mass is 329 g/mol. The predicted molar refractivity (Wildman–Crippen MR) is 94.9 cm³/mol. The maximum atomic E-state index is 5.78. The Labute approximate surface area is 142 Å². The molecule has 1 unspecified atom stereocenters. The van der Waals surface area contributed by atoms with Crippen LogP contribution < -0.4 is 4.90 Å². The van der Waals surface area contributed by atoms with Gasteiger partial charge in [-0.25, -0.2) is 4.98 Å². The SMILES string of the molecule is CCOC1CCCN(c2cncc(SCc3ccccc3)n2)C1. The van der Waals surface area contributed by atoms with Gasteiger partial charge < -0.3 is 9.64 Å². The summed E-state index contributed by atoms with van der Waals surface area (Å²) in [6.45, 7) is 4.77. The van der Waals surface area contributed by atoms with E-state index in [0.717, 1.165) is 49.1 Å². The van der Waals surface area contributed by atoms with E-state index in [4.69, 9.17) is 9.72 Å². The van der Waals surface area contributed by atoms with Crippen LogP contribution in [0.5, 0.6) is 0 Å². The fraction of sp³-hybridized carbons (Fsp3) is 0.444. The van der Waals surface area contributed by atoms with Crippen LogP contribution in [0.1, 0.15) is 25.3 Å². The Morgan fingerprint density at radius 1 is 1.26 bits per heavy atom. The molecular formula is C18H23N3OS. The van der Waals surface area contributed by atoms with Crippen molar-refractivity contribution in [3.05, 3.63) is 48.3 Å². The zero-order chi connectivity index (χ0) is 15.9. The summed E-state index contributed by atoms with van der Waals surface area (Å²) in [7, 11) is 0. The largest absolute Gasteiger partial charge is 0.377 e. The van der Waals surface area contributed by atoms with E-state index >= 15 is 0 Å². The summed E-state index contributed by atoms with van der Waals surface area (Å²) in [5, 5.41) is 0.977. The molecule has 1 aliphatic heterocycles. The van der Waals surface area contributed by atoms with E-state index in [0.29, 0.717) is 6.10 Å². The molecule has 2 heterocycles. The molecule has 1 saturated heterocycles. The maximum Gasteiger partial charge on any atom is 0.148 e. The second-order valence-electron chi connectivity index (χ2n) is 5.66. The molecule has 122 valence electrons. The minimum absolute atomic E-state index is 0.316. The molecule has 1 fully saturated rings. The second kappa shape index (κ2) is 8.31. The molecule has 0 N–H and O–H groups in total. The van der Waals surface area contributed by atoms with Crippen molar-refractivity contribution in [3.8, 4) is 0 Å². The molecule has 0 amide bonds. The number of hydrogen-bond acceptors (Lipinski definition) is 5. The van der Waals surface area contributed by atoms with Gasteiger partial charge in [-0.2, -0.15) is 0 Å². The number of anilines is 1. The Morgan fingerprint density at radius 3 is 2.96 bits per heavy atom.